The molecule has 5 aromatic carbocycles. The molecule has 0 amide bonds. The molecule has 0 fully saturated rings. The maximum atomic E-state index is 11.0. The summed E-state index contributed by atoms with van der Waals surface area (Å²) in [6, 6.07) is 46.9. The lowest BCUT2D eigenvalue weighted by Gasteiger charge is -2.27. The van der Waals surface area contributed by atoms with Gasteiger partial charge in [-0.2, -0.15) is 0 Å². The first kappa shape index (κ1) is 32.2. The molecule has 45 heavy (non-hydrogen) atoms. The van der Waals surface area contributed by atoms with E-state index in [1.165, 1.54) is 27.8 Å². The van der Waals surface area contributed by atoms with E-state index in [2.05, 4.69) is 148 Å². The van der Waals surface area contributed by atoms with E-state index in [0.29, 0.717) is 6.61 Å². The summed E-state index contributed by atoms with van der Waals surface area (Å²) in [5, 5.41) is 11.0. The summed E-state index contributed by atoms with van der Waals surface area (Å²) in [6.45, 7) is 7.78. The molecule has 3 nitrogen and oxygen atoms in total. The van der Waals surface area contributed by atoms with Crippen molar-refractivity contribution in [3.05, 3.63) is 172 Å². The van der Waals surface area contributed by atoms with Gasteiger partial charge in [0.05, 0.1) is 6.61 Å². The fourth-order valence-electron chi connectivity index (χ4n) is 6.01. The second-order valence-electron chi connectivity index (χ2n) is 12.1. The Hall–Kier alpha value is -4.18. The molecule has 0 aliphatic carbocycles. The van der Waals surface area contributed by atoms with Crippen LogP contribution < -0.4 is 4.74 Å². The molecule has 0 radical (unpaired) electrons. The number of benzene rings is 5. The average Bonchev–Trinajstić information content (AvgIpc) is 3.11. The monoisotopic (exact) mass is 598 g/mol. The molecule has 1 N–H and O–H groups in total. The molecule has 0 spiro atoms. The van der Waals surface area contributed by atoms with Crippen molar-refractivity contribution >= 4 is 0 Å². The summed E-state index contributed by atoms with van der Waals surface area (Å²) in [4.78, 5) is 0. The molecule has 0 saturated carbocycles. The van der Waals surface area contributed by atoms with Crippen LogP contribution >= 0.6 is 0 Å². The van der Waals surface area contributed by atoms with Gasteiger partial charge >= 0.3 is 0 Å². The van der Waals surface area contributed by atoms with Crippen LogP contribution in [-0.2, 0) is 11.2 Å². The Bertz CT molecular complexity index is 1500. The fourth-order valence-corrected chi connectivity index (χ4v) is 6.01. The lowest BCUT2D eigenvalue weighted by molar-refractivity contribution is 0.0111. The van der Waals surface area contributed by atoms with Crippen LogP contribution in [0.15, 0.2) is 133 Å². The van der Waals surface area contributed by atoms with E-state index in [9.17, 15) is 5.11 Å². The van der Waals surface area contributed by atoms with Gasteiger partial charge in [0.25, 0.3) is 0 Å². The Morgan fingerprint density at radius 2 is 0.978 bits per heavy atom. The van der Waals surface area contributed by atoms with E-state index in [1.54, 1.807) is 0 Å². The molecule has 0 saturated heterocycles. The molecule has 0 aromatic heterocycles. The molecule has 0 bridgehead atoms. The lowest BCUT2D eigenvalue weighted by Crippen LogP contribution is -2.25. The summed E-state index contributed by atoms with van der Waals surface area (Å²) < 4.78 is 12.5. The van der Waals surface area contributed by atoms with Crippen LogP contribution in [0.3, 0.4) is 0 Å². The quantitative estimate of drug-likeness (QED) is 0.122. The van der Waals surface area contributed by atoms with Gasteiger partial charge < -0.3 is 14.6 Å². The molecule has 0 aliphatic heterocycles. The van der Waals surface area contributed by atoms with Crippen LogP contribution in [0.4, 0.5) is 0 Å². The number of aliphatic hydroxyl groups is 1. The molecule has 5 rings (SSSR count). The largest absolute Gasteiger partial charge is 0.490 e. The Balaban J connectivity index is 1.43. The van der Waals surface area contributed by atoms with E-state index in [0.717, 1.165) is 29.7 Å². The average molecular weight is 599 g/mol. The smallest absolute Gasteiger partial charge is 0.127 e. The minimum absolute atomic E-state index is 0.0947. The van der Waals surface area contributed by atoms with E-state index in [-0.39, 0.29) is 31.0 Å². The predicted molar refractivity (Wildman–Crippen MR) is 185 cm³/mol. The highest BCUT2D eigenvalue weighted by Crippen LogP contribution is 2.42. The zero-order valence-corrected chi connectivity index (χ0v) is 26.8. The van der Waals surface area contributed by atoms with Gasteiger partial charge in [-0.1, -0.05) is 154 Å². The maximum Gasteiger partial charge on any atom is 0.127 e. The molecule has 0 aliphatic rings. The highest BCUT2D eigenvalue weighted by Gasteiger charge is 2.25. The van der Waals surface area contributed by atoms with E-state index in [4.69, 9.17) is 9.47 Å². The second kappa shape index (κ2) is 16.2. The molecule has 5 aromatic rings. The molecule has 4 unspecified atom stereocenters. The van der Waals surface area contributed by atoms with Crippen LogP contribution in [0, 0.1) is 0 Å². The minimum atomic E-state index is -0.732. The van der Waals surface area contributed by atoms with E-state index >= 15 is 0 Å². The van der Waals surface area contributed by atoms with Gasteiger partial charge in [0, 0.05) is 35.5 Å². The Kier molecular flexibility index (Phi) is 11.6. The van der Waals surface area contributed by atoms with Crippen molar-refractivity contribution in [1.82, 2.24) is 0 Å². The first-order valence-electron chi connectivity index (χ1n) is 16.3. The van der Waals surface area contributed by atoms with Crippen LogP contribution in [0.2, 0.25) is 0 Å². The number of aryl methyl sites for hydroxylation is 1. The third-order valence-electron chi connectivity index (χ3n) is 8.83. The zero-order chi connectivity index (χ0) is 31.4. The van der Waals surface area contributed by atoms with Gasteiger partial charge in [0.15, 0.2) is 0 Å². The van der Waals surface area contributed by atoms with Gasteiger partial charge in [-0.3, -0.25) is 0 Å². The highest BCUT2D eigenvalue weighted by atomic mass is 16.5. The van der Waals surface area contributed by atoms with Gasteiger partial charge in [-0.25, -0.2) is 0 Å². The minimum Gasteiger partial charge on any atom is -0.490 e. The number of hydrogen-bond donors (Lipinski definition) is 1. The van der Waals surface area contributed by atoms with Crippen LogP contribution in [0.1, 0.15) is 83.9 Å². The molecule has 3 heteroatoms. The van der Waals surface area contributed by atoms with Crippen molar-refractivity contribution in [1.29, 1.82) is 0 Å². The SMILES string of the molecule is CC(c1ccccc1)c1cc(C(C)c2ccccc2)c(OCC(O)COCCCc2ccccc2)c(C(C)c2ccccc2)c1. The number of hydrogen-bond acceptors (Lipinski definition) is 3. The third-order valence-corrected chi connectivity index (χ3v) is 8.83. The van der Waals surface area contributed by atoms with Gasteiger partial charge in [0.2, 0.25) is 0 Å². The van der Waals surface area contributed by atoms with Crippen LogP contribution in [-0.4, -0.2) is 31.0 Å². The van der Waals surface area contributed by atoms with Crippen molar-refractivity contribution in [2.45, 2.75) is 57.5 Å². The topological polar surface area (TPSA) is 38.7 Å². The summed E-state index contributed by atoms with van der Waals surface area (Å²) in [6.07, 6.45) is 1.14. The van der Waals surface area contributed by atoms with Gasteiger partial charge in [-0.05, 0) is 40.7 Å². The first-order chi connectivity index (χ1) is 22.0. The zero-order valence-electron chi connectivity index (χ0n) is 26.8. The number of aliphatic hydroxyl groups excluding tert-OH is 1. The van der Waals surface area contributed by atoms with Crippen molar-refractivity contribution in [3.8, 4) is 5.75 Å². The number of ether oxygens (including phenoxy) is 2. The molecule has 4 atom stereocenters. The highest BCUT2D eigenvalue weighted by molar-refractivity contribution is 5.54. The van der Waals surface area contributed by atoms with Crippen LogP contribution in [0.5, 0.6) is 5.75 Å². The maximum absolute atomic E-state index is 11.0. The molecule has 0 heterocycles. The summed E-state index contributed by atoms with van der Waals surface area (Å²) >= 11 is 0. The second-order valence-corrected chi connectivity index (χ2v) is 12.1. The van der Waals surface area contributed by atoms with Crippen molar-refractivity contribution < 1.29 is 14.6 Å². The van der Waals surface area contributed by atoms with E-state index in [1.807, 2.05) is 6.07 Å². The number of rotatable bonds is 15. The third kappa shape index (κ3) is 8.72. The normalized spacial score (nSPS) is 14.0. The Morgan fingerprint density at radius 3 is 1.47 bits per heavy atom. The Morgan fingerprint density at radius 1 is 0.533 bits per heavy atom. The molecular weight excluding hydrogens is 552 g/mol. The predicted octanol–water partition coefficient (Wildman–Crippen LogP) is 9.53. The van der Waals surface area contributed by atoms with Crippen molar-refractivity contribution in [2.75, 3.05) is 19.8 Å². The summed E-state index contributed by atoms with van der Waals surface area (Å²) in [5.74, 6) is 1.25. The lowest BCUT2D eigenvalue weighted by atomic mass is 9.81. The summed E-state index contributed by atoms with van der Waals surface area (Å²) in [7, 11) is 0. The van der Waals surface area contributed by atoms with Crippen molar-refractivity contribution in [3.63, 3.8) is 0 Å². The molecular formula is C42H46O3. The van der Waals surface area contributed by atoms with Gasteiger partial charge in [-0.15, -0.1) is 0 Å². The van der Waals surface area contributed by atoms with Crippen molar-refractivity contribution in [2.24, 2.45) is 0 Å². The summed E-state index contributed by atoms with van der Waals surface area (Å²) in [5.41, 5.74) is 8.56. The first-order valence-corrected chi connectivity index (χ1v) is 16.3. The van der Waals surface area contributed by atoms with Crippen LogP contribution in [0.25, 0.3) is 0 Å². The standard InChI is InChI=1S/C42H46O3/c1-31(35-20-10-5-11-21-35)38-27-40(32(2)36-22-12-6-13-23-36)42(41(28-38)33(3)37-24-14-7-15-25-37)45-30-39(43)29-44-26-16-19-34-17-8-4-9-18-34/h4-15,17-18,20-25,27-28,31-33,39,43H,16,19,26,29-30H2,1-3H3. The Labute approximate surface area is 269 Å². The fraction of sp³-hybridized carbons (Fsp3) is 0.286. The van der Waals surface area contributed by atoms with E-state index < -0.39 is 6.10 Å². The molecule has 232 valence electrons. The van der Waals surface area contributed by atoms with Gasteiger partial charge in [0.1, 0.15) is 18.5 Å².